The molecule has 0 aliphatic rings. The normalized spacial score (nSPS) is 10.9. The minimum Gasteiger partial charge on any atom is -0.345 e. The van der Waals surface area contributed by atoms with Crippen molar-refractivity contribution in [2.24, 2.45) is 0 Å². The number of aryl methyl sites for hydroxylation is 1. The van der Waals surface area contributed by atoms with Gasteiger partial charge in [-0.25, -0.2) is 9.97 Å². The number of hydrogen-bond donors (Lipinski definition) is 2. The lowest BCUT2D eigenvalue weighted by Crippen LogP contribution is -2.19. The second-order valence-electron chi connectivity index (χ2n) is 6.94. The predicted molar refractivity (Wildman–Crippen MR) is 116 cm³/mol. The zero-order chi connectivity index (χ0) is 20.7. The molecule has 5 aromatic rings. The molecule has 0 aliphatic carbocycles. The highest BCUT2D eigenvalue weighted by atomic mass is 16.1. The number of para-hydroxylation sites is 1. The van der Waals surface area contributed by atoms with Crippen molar-refractivity contribution in [3.8, 4) is 11.8 Å². The first kappa shape index (κ1) is 17.6. The first-order valence-electron chi connectivity index (χ1n) is 9.37. The van der Waals surface area contributed by atoms with Gasteiger partial charge in [0, 0.05) is 23.5 Å². The summed E-state index contributed by atoms with van der Waals surface area (Å²) in [6, 6.07) is 17.4. The maximum atomic E-state index is 13.3. The molecule has 0 unspecified atom stereocenters. The summed E-state index contributed by atoms with van der Waals surface area (Å²) < 4.78 is 1.62. The fourth-order valence-corrected chi connectivity index (χ4v) is 3.71. The van der Waals surface area contributed by atoms with E-state index in [0.29, 0.717) is 33.5 Å². The molecule has 0 radical (unpaired) electrons. The Balaban J connectivity index is 1.79. The molecule has 0 saturated heterocycles. The van der Waals surface area contributed by atoms with E-state index in [2.05, 4.69) is 26.3 Å². The maximum Gasteiger partial charge on any atom is 0.263 e. The fourth-order valence-electron chi connectivity index (χ4n) is 3.71. The minimum atomic E-state index is -0.0907. The number of fused-ring (bicyclic) bond motifs is 2. The van der Waals surface area contributed by atoms with Crippen LogP contribution in [0.25, 0.3) is 27.5 Å². The largest absolute Gasteiger partial charge is 0.345 e. The molecule has 0 aliphatic heterocycles. The molecule has 7 heteroatoms. The number of anilines is 2. The number of pyridine rings is 1. The third-order valence-corrected chi connectivity index (χ3v) is 5.13. The lowest BCUT2D eigenvalue weighted by Gasteiger charge is -2.15. The van der Waals surface area contributed by atoms with Crippen LogP contribution in [0.1, 0.15) is 11.1 Å². The van der Waals surface area contributed by atoms with Crippen molar-refractivity contribution in [3.63, 3.8) is 0 Å². The van der Waals surface area contributed by atoms with E-state index in [0.717, 1.165) is 16.6 Å². The second kappa shape index (κ2) is 6.87. The molecule has 2 aromatic carbocycles. The van der Waals surface area contributed by atoms with E-state index in [1.165, 1.54) is 6.33 Å². The van der Waals surface area contributed by atoms with Crippen molar-refractivity contribution < 1.29 is 0 Å². The smallest absolute Gasteiger partial charge is 0.263 e. The molecule has 0 saturated carbocycles. The van der Waals surface area contributed by atoms with Gasteiger partial charge in [-0.2, -0.15) is 5.26 Å². The average molecular weight is 392 g/mol. The van der Waals surface area contributed by atoms with Crippen LogP contribution in [-0.2, 0) is 0 Å². The molecule has 30 heavy (non-hydrogen) atoms. The Morgan fingerprint density at radius 3 is 2.70 bits per heavy atom. The number of H-pyrrole nitrogens is 1. The third-order valence-electron chi connectivity index (χ3n) is 5.13. The molecule has 0 fully saturated rings. The van der Waals surface area contributed by atoms with Crippen molar-refractivity contribution in [2.45, 2.75) is 6.92 Å². The number of nitriles is 1. The van der Waals surface area contributed by atoms with Gasteiger partial charge in [0.15, 0.2) is 0 Å². The number of aromatic nitrogens is 4. The zero-order valence-electron chi connectivity index (χ0n) is 16.0. The van der Waals surface area contributed by atoms with Crippen LogP contribution in [0.15, 0.2) is 72.0 Å². The van der Waals surface area contributed by atoms with Crippen molar-refractivity contribution in [2.75, 3.05) is 5.32 Å². The third kappa shape index (κ3) is 2.71. The van der Waals surface area contributed by atoms with Crippen LogP contribution < -0.4 is 10.9 Å². The highest BCUT2D eigenvalue weighted by molar-refractivity contribution is 6.00. The first-order chi connectivity index (χ1) is 14.7. The van der Waals surface area contributed by atoms with Gasteiger partial charge in [-0.05, 0) is 24.6 Å². The number of nitrogens with zero attached hydrogens (tertiary/aromatic N) is 4. The number of rotatable bonds is 3. The Morgan fingerprint density at radius 2 is 1.90 bits per heavy atom. The second-order valence-corrected chi connectivity index (χ2v) is 6.94. The molecule has 3 heterocycles. The lowest BCUT2D eigenvalue weighted by atomic mass is 10.1. The SMILES string of the molecule is Cc1cccc2c(Nc3ncnc4[nH]cc(C#N)c34)cn(-c3ccccc3)c(=O)c12. The maximum absolute atomic E-state index is 13.3. The molecule has 144 valence electrons. The summed E-state index contributed by atoms with van der Waals surface area (Å²) in [5, 5.41) is 14.8. The van der Waals surface area contributed by atoms with E-state index in [4.69, 9.17) is 0 Å². The molecule has 0 spiro atoms. The molecule has 3 aromatic heterocycles. The van der Waals surface area contributed by atoms with Gasteiger partial charge in [-0.1, -0.05) is 36.4 Å². The van der Waals surface area contributed by atoms with Gasteiger partial charge < -0.3 is 10.3 Å². The molecular weight excluding hydrogens is 376 g/mol. The Kier molecular flexibility index (Phi) is 4.04. The monoisotopic (exact) mass is 392 g/mol. The molecule has 0 atom stereocenters. The van der Waals surface area contributed by atoms with Gasteiger partial charge in [0.1, 0.15) is 23.9 Å². The highest BCUT2D eigenvalue weighted by Gasteiger charge is 2.15. The van der Waals surface area contributed by atoms with Gasteiger partial charge in [0.25, 0.3) is 5.56 Å². The molecule has 0 amide bonds. The van der Waals surface area contributed by atoms with Crippen LogP contribution >= 0.6 is 0 Å². The van der Waals surface area contributed by atoms with Crippen molar-refractivity contribution >= 4 is 33.3 Å². The number of aromatic amines is 1. The van der Waals surface area contributed by atoms with E-state index in [1.54, 1.807) is 17.0 Å². The number of nitrogens with one attached hydrogen (secondary N) is 2. The summed E-state index contributed by atoms with van der Waals surface area (Å²) in [5.41, 5.74) is 3.29. The summed E-state index contributed by atoms with van der Waals surface area (Å²) in [6.45, 7) is 1.92. The molecule has 2 N–H and O–H groups in total. The van der Waals surface area contributed by atoms with E-state index in [1.807, 2.05) is 55.5 Å². The van der Waals surface area contributed by atoms with E-state index < -0.39 is 0 Å². The first-order valence-corrected chi connectivity index (χ1v) is 9.37. The molecule has 5 rings (SSSR count). The highest BCUT2D eigenvalue weighted by Crippen LogP contribution is 2.30. The Morgan fingerprint density at radius 1 is 1.07 bits per heavy atom. The summed E-state index contributed by atoms with van der Waals surface area (Å²) in [7, 11) is 0. The van der Waals surface area contributed by atoms with Crippen LogP contribution in [0.2, 0.25) is 0 Å². The van der Waals surface area contributed by atoms with Crippen molar-refractivity contribution in [3.05, 3.63) is 88.7 Å². The van der Waals surface area contributed by atoms with Gasteiger partial charge in [-0.3, -0.25) is 9.36 Å². The molecule has 7 nitrogen and oxygen atoms in total. The topological polar surface area (TPSA) is 99.4 Å². The standard InChI is InChI=1S/C23H16N6O/c1-14-6-5-9-17-18(12-29(23(30)19(14)17)16-7-3-2-4-8-16)28-22-20-15(10-24)11-25-21(20)26-13-27-22/h2-9,11-13H,1H3,(H2,25,26,27,28). The Hall–Kier alpha value is -4.44. The Bertz CT molecular complexity index is 1510. The quantitative estimate of drug-likeness (QED) is 0.480. The van der Waals surface area contributed by atoms with Crippen molar-refractivity contribution in [1.29, 1.82) is 5.26 Å². The predicted octanol–water partition coefficient (Wildman–Crippen LogP) is 4.19. The number of hydrogen-bond acceptors (Lipinski definition) is 5. The number of benzene rings is 2. The van der Waals surface area contributed by atoms with Gasteiger partial charge in [-0.15, -0.1) is 0 Å². The lowest BCUT2D eigenvalue weighted by molar-refractivity contribution is 1.01. The van der Waals surface area contributed by atoms with Crippen LogP contribution in [0.4, 0.5) is 11.5 Å². The molecular formula is C23H16N6O. The van der Waals surface area contributed by atoms with E-state index >= 15 is 0 Å². The van der Waals surface area contributed by atoms with Gasteiger partial charge >= 0.3 is 0 Å². The molecule has 0 bridgehead atoms. The summed E-state index contributed by atoms with van der Waals surface area (Å²) in [6.07, 6.45) is 4.81. The van der Waals surface area contributed by atoms with Crippen LogP contribution in [0.3, 0.4) is 0 Å². The van der Waals surface area contributed by atoms with Crippen LogP contribution in [0.5, 0.6) is 0 Å². The van der Waals surface area contributed by atoms with E-state index in [9.17, 15) is 10.1 Å². The summed E-state index contributed by atoms with van der Waals surface area (Å²) in [5.74, 6) is 0.499. The zero-order valence-corrected chi connectivity index (χ0v) is 16.0. The van der Waals surface area contributed by atoms with Gasteiger partial charge in [0.05, 0.1) is 22.0 Å². The minimum absolute atomic E-state index is 0.0907. The van der Waals surface area contributed by atoms with Gasteiger partial charge in [0.2, 0.25) is 0 Å². The van der Waals surface area contributed by atoms with Crippen molar-refractivity contribution in [1.82, 2.24) is 19.5 Å². The summed E-state index contributed by atoms with van der Waals surface area (Å²) >= 11 is 0. The van der Waals surface area contributed by atoms with E-state index in [-0.39, 0.29) is 5.56 Å². The van der Waals surface area contributed by atoms with Crippen LogP contribution in [-0.4, -0.2) is 19.5 Å². The van der Waals surface area contributed by atoms with Crippen LogP contribution in [0, 0.1) is 18.3 Å². The fraction of sp³-hybridized carbons (Fsp3) is 0.0435. The average Bonchev–Trinajstić information content (AvgIpc) is 3.20. The Labute approximate surface area is 171 Å². The summed E-state index contributed by atoms with van der Waals surface area (Å²) in [4.78, 5) is 24.8.